The van der Waals surface area contributed by atoms with Crippen molar-refractivity contribution in [2.24, 2.45) is 0 Å². The van der Waals surface area contributed by atoms with E-state index in [2.05, 4.69) is 32.3 Å². The molecule has 0 unspecified atom stereocenters. The zero-order chi connectivity index (χ0) is 15.2. The molecule has 0 aliphatic heterocycles. The molecule has 3 aromatic rings. The van der Waals surface area contributed by atoms with Gasteiger partial charge in [0.15, 0.2) is 15.1 Å². The number of benzene rings is 1. The van der Waals surface area contributed by atoms with Gasteiger partial charge >= 0.3 is 0 Å². The van der Waals surface area contributed by atoms with Crippen molar-refractivity contribution in [2.45, 2.75) is 11.9 Å². The van der Waals surface area contributed by atoms with Gasteiger partial charge in [-0.15, -0.1) is 11.3 Å². The summed E-state index contributed by atoms with van der Waals surface area (Å²) in [6.45, 7) is 1.96. The van der Waals surface area contributed by atoms with Crippen molar-refractivity contribution in [3.8, 4) is 0 Å². The van der Waals surface area contributed by atoms with Crippen molar-refractivity contribution in [3.05, 3.63) is 44.1 Å². The van der Waals surface area contributed by atoms with Crippen molar-refractivity contribution in [3.63, 3.8) is 0 Å². The third kappa shape index (κ3) is 2.77. The minimum absolute atomic E-state index is 0.0313. The number of nitrogens with one attached hydrogen (secondary N) is 1. The maximum atomic E-state index is 12.5. The van der Waals surface area contributed by atoms with Crippen LogP contribution in [0.4, 0.5) is 5.69 Å². The molecule has 0 radical (unpaired) electrons. The smallest absolute Gasteiger partial charge is 0.278 e. The molecule has 9 heteroatoms. The van der Waals surface area contributed by atoms with E-state index < -0.39 is 10.0 Å². The predicted molar refractivity (Wildman–Crippen MR) is 92.8 cm³/mol. The van der Waals surface area contributed by atoms with E-state index >= 15 is 0 Å². The van der Waals surface area contributed by atoms with Gasteiger partial charge in [-0.1, -0.05) is 17.7 Å². The summed E-state index contributed by atoms with van der Waals surface area (Å²) in [5.41, 5.74) is 1.58. The monoisotopic (exact) mass is 453 g/mol. The molecule has 3 rings (SSSR count). The Balaban J connectivity index is 2.06. The van der Waals surface area contributed by atoms with Gasteiger partial charge in [-0.05, 0) is 47.2 Å². The van der Waals surface area contributed by atoms with Crippen LogP contribution in [0, 0.1) is 10.5 Å². The minimum Gasteiger partial charge on any atom is -0.278 e. The lowest BCUT2D eigenvalue weighted by atomic mass is 10.2. The molecule has 1 N–H and O–H groups in total. The highest BCUT2D eigenvalue weighted by Gasteiger charge is 2.25. The number of hydrogen-bond acceptors (Lipinski definition) is 4. The largest absolute Gasteiger partial charge is 0.281 e. The zero-order valence-electron chi connectivity index (χ0n) is 10.7. The van der Waals surface area contributed by atoms with Crippen LogP contribution in [0.25, 0.3) is 4.96 Å². The Kier molecular flexibility index (Phi) is 3.89. The first-order valence-corrected chi connectivity index (χ1v) is 9.60. The van der Waals surface area contributed by atoms with E-state index in [1.54, 1.807) is 23.7 Å². The number of aromatic nitrogens is 2. The SMILES string of the molecule is Cc1ccc(NS(=O)(=O)c2c(Cl)nc3sccn23)cc1I. The third-order valence-corrected chi connectivity index (χ3v) is 6.56. The van der Waals surface area contributed by atoms with E-state index in [-0.39, 0.29) is 10.2 Å². The number of hydrogen-bond donors (Lipinski definition) is 1. The molecule has 0 atom stereocenters. The van der Waals surface area contributed by atoms with Crippen LogP contribution in [0.2, 0.25) is 5.15 Å². The van der Waals surface area contributed by atoms with Crippen molar-refractivity contribution in [2.75, 3.05) is 4.72 Å². The molecule has 110 valence electrons. The highest BCUT2D eigenvalue weighted by molar-refractivity contribution is 14.1. The molecule has 2 aromatic heterocycles. The maximum Gasteiger partial charge on any atom is 0.281 e. The second-order valence-corrected chi connectivity index (χ2v) is 8.32. The Morgan fingerprint density at radius 1 is 1.43 bits per heavy atom. The van der Waals surface area contributed by atoms with Gasteiger partial charge in [0.05, 0.1) is 0 Å². The fourth-order valence-electron chi connectivity index (χ4n) is 1.84. The molecule has 1 aromatic carbocycles. The lowest BCUT2D eigenvalue weighted by Gasteiger charge is -2.09. The van der Waals surface area contributed by atoms with E-state index in [0.717, 1.165) is 9.13 Å². The van der Waals surface area contributed by atoms with E-state index in [0.29, 0.717) is 10.6 Å². The Morgan fingerprint density at radius 3 is 2.90 bits per heavy atom. The van der Waals surface area contributed by atoms with Crippen LogP contribution in [0.5, 0.6) is 0 Å². The molecule has 0 aliphatic rings. The fourth-order valence-corrected chi connectivity index (χ4v) is 4.86. The molecule has 0 amide bonds. The molecule has 0 fully saturated rings. The van der Waals surface area contributed by atoms with Gasteiger partial charge < -0.3 is 0 Å². The van der Waals surface area contributed by atoms with Crippen LogP contribution in [-0.2, 0) is 10.0 Å². The molecule has 5 nitrogen and oxygen atoms in total. The summed E-state index contributed by atoms with van der Waals surface area (Å²) in [7, 11) is -3.80. The van der Waals surface area contributed by atoms with E-state index in [9.17, 15) is 8.42 Å². The first-order valence-electron chi connectivity index (χ1n) is 5.78. The van der Waals surface area contributed by atoms with Crippen LogP contribution >= 0.6 is 45.5 Å². The number of sulfonamides is 1. The number of rotatable bonds is 3. The van der Waals surface area contributed by atoms with Crippen LogP contribution < -0.4 is 4.72 Å². The number of imidazole rings is 1. The minimum atomic E-state index is -3.80. The Morgan fingerprint density at radius 2 is 2.19 bits per heavy atom. The lowest BCUT2D eigenvalue weighted by Crippen LogP contribution is -2.15. The third-order valence-electron chi connectivity index (χ3n) is 2.86. The van der Waals surface area contributed by atoms with Crippen LogP contribution in [0.1, 0.15) is 5.56 Å². The standard InChI is InChI=1S/C12H9ClIN3O2S2/c1-7-2-3-8(6-9(7)14)16-21(18,19)11-10(13)15-12-17(11)4-5-20-12/h2-6,16H,1H3. The number of fused-ring (bicyclic) bond motifs is 1. The normalized spacial score (nSPS) is 12.0. The van der Waals surface area contributed by atoms with Gasteiger partial charge in [0.25, 0.3) is 10.0 Å². The van der Waals surface area contributed by atoms with E-state index in [1.165, 1.54) is 15.7 Å². The van der Waals surface area contributed by atoms with Gasteiger partial charge in [-0.25, -0.2) is 4.98 Å². The highest BCUT2D eigenvalue weighted by Crippen LogP contribution is 2.27. The van der Waals surface area contributed by atoms with Crippen LogP contribution in [-0.4, -0.2) is 17.8 Å². The van der Waals surface area contributed by atoms with Gasteiger partial charge in [0, 0.05) is 20.8 Å². The first kappa shape index (κ1) is 15.1. The van der Waals surface area contributed by atoms with Crippen LogP contribution in [0.15, 0.2) is 34.8 Å². The molecule has 0 bridgehead atoms. The Bertz CT molecular complexity index is 933. The molecular formula is C12H9ClIN3O2S2. The summed E-state index contributed by atoms with van der Waals surface area (Å²) in [5, 5.41) is 1.68. The Labute approximate surface area is 144 Å². The fraction of sp³-hybridized carbons (Fsp3) is 0.0833. The summed E-state index contributed by atoms with van der Waals surface area (Å²) >= 11 is 9.45. The summed E-state index contributed by atoms with van der Waals surface area (Å²) in [4.78, 5) is 4.58. The van der Waals surface area contributed by atoms with Crippen molar-refractivity contribution < 1.29 is 8.42 Å². The predicted octanol–water partition coefficient (Wildman–Crippen LogP) is 3.76. The average molecular weight is 454 g/mol. The summed E-state index contributed by atoms with van der Waals surface area (Å²) in [5.74, 6) is 0. The maximum absolute atomic E-state index is 12.5. The van der Waals surface area contributed by atoms with Crippen molar-refractivity contribution in [1.82, 2.24) is 9.38 Å². The molecule has 0 aliphatic carbocycles. The second kappa shape index (κ2) is 5.41. The molecule has 21 heavy (non-hydrogen) atoms. The van der Waals surface area contributed by atoms with Crippen molar-refractivity contribution >= 4 is 66.2 Å². The molecule has 0 spiro atoms. The Hall–Kier alpha value is -0.840. The van der Waals surface area contributed by atoms with E-state index in [1.807, 2.05) is 13.0 Å². The van der Waals surface area contributed by atoms with Gasteiger partial charge in [0.1, 0.15) is 0 Å². The number of anilines is 1. The summed E-state index contributed by atoms with van der Waals surface area (Å²) in [6, 6.07) is 5.35. The number of halogens is 2. The number of nitrogens with zero attached hydrogens (tertiary/aromatic N) is 2. The van der Waals surface area contributed by atoms with Gasteiger partial charge in [0.2, 0.25) is 0 Å². The summed E-state index contributed by atoms with van der Waals surface area (Å²) in [6.07, 6.45) is 1.63. The van der Waals surface area contributed by atoms with Crippen LogP contribution in [0.3, 0.4) is 0 Å². The highest BCUT2D eigenvalue weighted by atomic mass is 127. The van der Waals surface area contributed by atoms with E-state index in [4.69, 9.17) is 11.6 Å². The topological polar surface area (TPSA) is 63.5 Å². The zero-order valence-corrected chi connectivity index (χ0v) is 15.2. The average Bonchev–Trinajstić information content (AvgIpc) is 2.92. The van der Waals surface area contributed by atoms with Gasteiger partial charge in [-0.3, -0.25) is 9.12 Å². The molecule has 2 heterocycles. The number of aryl methyl sites for hydroxylation is 1. The number of thiazole rings is 1. The molecular weight excluding hydrogens is 445 g/mol. The molecule has 0 saturated heterocycles. The van der Waals surface area contributed by atoms with Gasteiger partial charge in [-0.2, -0.15) is 8.42 Å². The quantitative estimate of drug-likeness (QED) is 0.614. The summed E-state index contributed by atoms with van der Waals surface area (Å²) < 4.78 is 30.1. The lowest BCUT2D eigenvalue weighted by molar-refractivity contribution is 0.596. The second-order valence-electron chi connectivity index (χ2n) is 4.33. The van der Waals surface area contributed by atoms with Crippen molar-refractivity contribution in [1.29, 1.82) is 0 Å². The first-order chi connectivity index (χ1) is 9.88. The molecule has 0 saturated carbocycles.